The Morgan fingerprint density at radius 3 is 1.88 bits per heavy atom. The molecule has 0 aliphatic heterocycles. The van der Waals surface area contributed by atoms with Gasteiger partial charge in [-0.05, 0) is 6.42 Å². The van der Waals surface area contributed by atoms with E-state index in [4.69, 9.17) is 15.3 Å². The van der Waals surface area contributed by atoms with Gasteiger partial charge in [0.2, 0.25) is 0 Å². The summed E-state index contributed by atoms with van der Waals surface area (Å²) in [5, 5.41) is 27.3. The minimum atomic E-state index is -1.26. The zero-order valence-electron chi connectivity index (χ0n) is 8.33. The van der Waals surface area contributed by atoms with Crippen LogP contribution in [0.25, 0.3) is 0 Å². The second kappa shape index (κ2) is 10.4. The van der Waals surface area contributed by atoms with Crippen molar-refractivity contribution in [1.82, 2.24) is 11.5 Å². The predicted octanol–water partition coefficient (Wildman–Crippen LogP) is -0.862. The Kier molecular flexibility index (Phi) is 13.1. The molecule has 9 heteroatoms. The fraction of sp³-hybridized carbons (Fsp3) is 0.571. The van der Waals surface area contributed by atoms with Crippen LogP contribution in [0.5, 0.6) is 0 Å². The number of aliphatic carboxylic acids is 3. The van der Waals surface area contributed by atoms with Gasteiger partial charge >= 0.3 is 17.9 Å². The zero-order valence-corrected chi connectivity index (χ0v) is 9.43. The fourth-order valence-corrected chi connectivity index (χ4v) is 0.791. The molecule has 0 aromatic carbocycles. The van der Waals surface area contributed by atoms with Crippen LogP contribution in [0.3, 0.4) is 0 Å². The molecule has 0 rings (SSSR count). The number of carboxylic acids is 3. The maximum Gasteiger partial charge on any atom is 0.320 e. The third-order valence-electron chi connectivity index (χ3n) is 1.44. The first-order chi connectivity index (χ1) is 6.43. The van der Waals surface area contributed by atoms with E-state index in [0.717, 1.165) is 0 Å². The normalized spacial score (nSPS) is 10.5. The molecule has 0 aliphatic rings. The Morgan fingerprint density at radius 2 is 1.56 bits per heavy atom. The van der Waals surface area contributed by atoms with Gasteiger partial charge in [0.15, 0.2) is 0 Å². The monoisotopic (exact) mass is 278 g/mol. The summed E-state index contributed by atoms with van der Waals surface area (Å²) in [6.07, 6.45) is -0.457. The fourth-order valence-electron chi connectivity index (χ4n) is 0.791. The molecule has 8 nitrogen and oxygen atoms in total. The van der Waals surface area contributed by atoms with E-state index < -0.39 is 30.5 Å². The largest absolute Gasteiger partial charge is 0.481 e. The van der Waals surface area contributed by atoms with Crippen LogP contribution in [-0.2, 0) is 31.5 Å². The summed E-state index contributed by atoms with van der Waals surface area (Å²) in [4.78, 5) is 30.7. The van der Waals surface area contributed by atoms with Crippen LogP contribution < -0.4 is 11.5 Å². The number of nitrogens with one attached hydrogen (secondary N) is 1. The van der Waals surface area contributed by atoms with Crippen LogP contribution in [0.2, 0.25) is 0 Å². The Labute approximate surface area is 102 Å². The average molecular weight is 278 g/mol. The Bertz CT molecular complexity index is 229. The molecule has 0 spiro atoms. The minimum Gasteiger partial charge on any atom is -0.481 e. The minimum absolute atomic E-state index is 0. The molecule has 0 bridgehead atoms. The second-order valence-electron chi connectivity index (χ2n) is 2.60. The molecule has 0 radical (unpaired) electrons. The zero-order chi connectivity index (χ0) is 11.1. The van der Waals surface area contributed by atoms with Crippen molar-refractivity contribution in [2.45, 2.75) is 18.9 Å². The third kappa shape index (κ3) is 10.9. The summed E-state index contributed by atoms with van der Waals surface area (Å²) in [7, 11) is 0. The summed E-state index contributed by atoms with van der Waals surface area (Å²) in [5.74, 6) is -3.56. The number of carbonyl (C=O) groups is 3. The standard InChI is InChI=1S/C7H11NO6.Fe.H3N/c9-5(10)2-1-4(7(13)14)8-3-6(11)12;;/h4,8H,1-3H2,(H,9,10)(H,11,12)(H,13,14);;1H3. The summed E-state index contributed by atoms with van der Waals surface area (Å²) in [6, 6.07) is -1.14. The molecule has 0 saturated heterocycles. The number of hydrogen-bond acceptors (Lipinski definition) is 5. The molecular formula is C7H14FeN2O6. The van der Waals surface area contributed by atoms with Gasteiger partial charge in [0.25, 0.3) is 0 Å². The van der Waals surface area contributed by atoms with E-state index in [1.165, 1.54) is 0 Å². The molecule has 0 aromatic rings. The van der Waals surface area contributed by atoms with Crippen molar-refractivity contribution in [2.75, 3.05) is 6.54 Å². The van der Waals surface area contributed by atoms with Crippen molar-refractivity contribution in [3.05, 3.63) is 0 Å². The van der Waals surface area contributed by atoms with Gasteiger partial charge in [-0.25, -0.2) is 0 Å². The molecule has 0 fully saturated rings. The van der Waals surface area contributed by atoms with Crippen molar-refractivity contribution in [1.29, 1.82) is 0 Å². The van der Waals surface area contributed by atoms with E-state index in [2.05, 4.69) is 5.32 Å². The number of hydrogen-bond donors (Lipinski definition) is 5. The first kappa shape index (κ1) is 20.3. The number of rotatable bonds is 7. The molecule has 0 saturated carbocycles. The molecular weight excluding hydrogens is 264 g/mol. The molecule has 7 N–H and O–H groups in total. The van der Waals surface area contributed by atoms with Crippen LogP contribution in [-0.4, -0.2) is 45.8 Å². The SMILES string of the molecule is N.O=C(O)CCC(NCC(=O)O)C(=O)O.[Fe]. The van der Waals surface area contributed by atoms with Gasteiger partial charge < -0.3 is 21.5 Å². The molecule has 1 atom stereocenters. The smallest absolute Gasteiger partial charge is 0.320 e. The summed E-state index contributed by atoms with van der Waals surface area (Å²) in [5.41, 5.74) is 0. The first-order valence-corrected chi connectivity index (χ1v) is 3.83. The van der Waals surface area contributed by atoms with Crippen molar-refractivity contribution < 1.29 is 46.8 Å². The van der Waals surface area contributed by atoms with Gasteiger partial charge in [0.1, 0.15) is 6.04 Å². The van der Waals surface area contributed by atoms with Gasteiger partial charge in [0.05, 0.1) is 6.54 Å². The van der Waals surface area contributed by atoms with Crippen LogP contribution in [0.4, 0.5) is 0 Å². The third-order valence-corrected chi connectivity index (χ3v) is 1.44. The quantitative estimate of drug-likeness (QED) is 0.376. The van der Waals surface area contributed by atoms with Crippen molar-refractivity contribution in [3.8, 4) is 0 Å². The summed E-state index contributed by atoms with van der Waals surface area (Å²) >= 11 is 0. The molecule has 96 valence electrons. The number of carboxylic acid groups (broad SMARTS) is 3. The van der Waals surface area contributed by atoms with E-state index in [1.807, 2.05) is 0 Å². The van der Waals surface area contributed by atoms with Crippen LogP contribution in [0.15, 0.2) is 0 Å². The maximum absolute atomic E-state index is 10.5. The molecule has 0 aliphatic carbocycles. The summed E-state index contributed by atoms with van der Waals surface area (Å²) in [6.45, 7) is -0.503. The predicted molar refractivity (Wildman–Crippen MR) is 49.0 cm³/mol. The van der Waals surface area contributed by atoms with E-state index >= 15 is 0 Å². The van der Waals surface area contributed by atoms with Gasteiger partial charge in [-0.3, -0.25) is 19.7 Å². The van der Waals surface area contributed by atoms with Gasteiger partial charge in [-0.2, -0.15) is 0 Å². The second-order valence-corrected chi connectivity index (χ2v) is 2.60. The van der Waals surface area contributed by atoms with E-state index in [1.54, 1.807) is 0 Å². The van der Waals surface area contributed by atoms with Crippen LogP contribution in [0, 0.1) is 0 Å². The van der Waals surface area contributed by atoms with E-state index in [9.17, 15) is 14.4 Å². The van der Waals surface area contributed by atoms with Gasteiger partial charge in [-0.1, -0.05) is 0 Å². The van der Waals surface area contributed by atoms with Crippen molar-refractivity contribution in [2.24, 2.45) is 0 Å². The maximum atomic E-state index is 10.5. The Morgan fingerprint density at radius 1 is 1.06 bits per heavy atom. The topological polar surface area (TPSA) is 159 Å². The van der Waals surface area contributed by atoms with Crippen molar-refractivity contribution in [3.63, 3.8) is 0 Å². The molecule has 0 aromatic heterocycles. The van der Waals surface area contributed by atoms with Gasteiger partial charge in [-0.15, -0.1) is 0 Å². The first-order valence-electron chi connectivity index (χ1n) is 3.83. The van der Waals surface area contributed by atoms with Crippen LogP contribution >= 0.6 is 0 Å². The Hall–Kier alpha value is -1.15. The van der Waals surface area contributed by atoms with Crippen molar-refractivity contribution >= 4 is 17.9 Å². The van der Waals surface area contributed by atoms with E-state index in [-0.39, 0.29) is 36.1 Å². The molecule has 1 unspecified atom stereocenters. The summed E-state index contributed by atoms with van der Waals surface area (Å²) < 4.78 is 0. The van der Waals surface area contributed by atoms with Crippen LogP contribution in [0.1, 0.15) is 12.8 Å². The molecule has 16 heavy (non-hydrogen) atoms. The van der Waals surface area contributed by atoms with E-state index in [0.29, 0.717) is 0 Å². The Balaban J connectivity index is -0.000000845. The molecule has 0 heterocycles. The average Bonchev–Trinajstić information content (AvgIpc) is 2.02. The molecule has 0 amide bonds. The van der Waals surface area contributed by atoms with Gasteiger partial charge in [0, 0.05) is 23.5 Å².